The van der Waals surface area contributed by atoms with Crippen LogP contribution in [-0.2, 0) is 14.3 Å². The maximum absolute atomic E-state index is 14.4. The summed E-state index contributed by atoms with van der Waals surface area (Å²) in [5.74, 6) is -0.360. The van der Waals surface area contributed by atoms with Crippen molar-refractivity contribution in [2.24, 2.45) is 5.92 Å². The number of hydrogen-bond donors (Lipinski definition) is 2. The van der Waals surface area contributed by atoms with Gasteiger partial charge in [-0.05, 0) is 84.8 Å². The van der Waals surface area contributed by atoms with Crippen molar-refractivity contribution in [3.63, 3.8) is 0 Å². The van der Waals surface area contributed by atoms with Crippen LogP contribution in [-0.4, -0.2) is 46.5 Å². The molecule has 7 heteroatoms. The SMILES string of the molecule is CCCCCNC(=O)C(c1ccc(C)cc1C)N(C(=O)C(CC(C)C)NC(=O)OC(C)(C)C)C(C)(C)CC. The molecule has 1 aromatic rings. The highest BCUT2D eigenvalue weighted by atomic mass is 16.6. The van der Waals surface area contributed by atoms with E-state index in [0.717, 1.165) is 36.0 Å². The molecule has 3 amide bonds. The first-order chi connectivity index (χ1) is 17.5. The number of unbranched alkanes of at least 4 members (excludes halogenated alkanes) is 2. The van der Waals surface area contributed by atoms with Crippen molar-refractivity contribution in [3.05, 3.63) is 34.9 Å². The van der Waals surface area contributed by atoms with Gasteiger partial charge in [0.15, 0.2) is 0 Å². The van der Waals surface area contributed by atoms with Crippen LogP contribution >= 0.6 is 0 Å². The molecule has 38 heavy (non-hydrogen) atoms. The molecule has 0 bridgehead atoms. The zero-order valence-electron chi connectivity index (χ0n) is 25.8. The van der Waals surface area contributed by atoms with E-state index in [1.165, 1.54) is 0 Å². The molecule has 0 aliphatic rings. The zero-order chi connectivity index (χ0) is 29.3. The first-order valence-electron chi connectivity index (χ1n) is 14.2. The third-order valence-corrected chi connectivity index (χ3v) is 6.76. The summed E-state index contributed by atoms with van der Waals surface area (Å²) in [4.78, 5) is 42.8. The van der Waals surface area contributed by atoms with E-state index >= 15 is 0 Å². The lowest BCUT2D eigenvalue weighted by Crippen LogP contribution is -2.59. The maximum Gasteiger partial charge on any atom is 0.408 e. The Balaban J connectivity index is 3.64. The summed E-state index contributed by atoms with van der Waals surface area (Å²) >= 11 is 0. The third-order valence-electron chi connectivity index (χ3n) is 6.76. The molecule has 0 heterocycles. The van der Waals surface area contributed by atoms with Crippen LogP contribution in [0.2, 0.25) is 0 Å². The number of hydrogen-bond acceptors (Lipinski definition) is 4. The number of nitrogens with one attached hydrogen (secondary N) is 2. The van der Waals surface area contributed by atoms with E-state index in [2.05, 4.69) is 17.6 Å². The van der Waals surface area contributed by atoms with Crippen LogP contribution in [0.25, 0.3) is 0 Å². The van der Waals surface area contributed by atoms with Crippen LogP contribution in [0, 0.1) is 19.8 Å². The molecule has 0 aromatic heterocycles. The van der Waals surface area contributed by atoms with Gasteiger partial charge in [-0.15, -0.1) is 0 Å². The topological polar surface area (TPSA) is 87.7 Å². The summed E-state index contributed by atoms with van der Waals surface area (Å²) in [5.41, 5.74) is 1.47. The van der Waals surface area contributed by atoms with Crippen LogP contribution in [0.1, 0.15) is 117 Å². The van der Waals surface area contributed by atoms with E-state index in [-0.39, 0.29) is 17.7 Å². The number of aryl methyl sites for hydroxylation is 2. The quantitative estimate of drug-likeness (QED) is 0.280. The van der Waals surface area contributed by atoms with Gasteiger partial charge in [0.25, 0.3) is 0 Å². The fraction of sp³-hybridized carbons (Fsp3) is 0.710. The molecule has 0 aliphatic carbocycles. The second kappa shape index (κ2) is 14.5. The summed E-state index contributed by atoms with van der Waals surface area (Å²) in [6.07, 6.45) is 3.36. The first kappa shape index (κ1) is 33.5. The molecule has 1 rings (SSSR count). The minimum Gasteiger partial charge on any atom is -0.444 e. The van der Waals surface area contributed by atoms with Gasteiger partial charge in [0.2, 0.25) is 11.8 Å². The minimum atomic E-state index is -0.838. The van der Waals surface area contributed by atoms with E-state index < -0.39 is 29.3 Å². The molecule has 0 radical (unpaired) electrons. The number of alkyl carbamates (subject to hydrolysis) is 1. The number of amides is 3. The van der Waals surface area contributed by atoms with Gasteiger partial charge in [-0.3, -0.25) is 9.59 Å². The normalized spacial score (nSPS) is 13.6. The number of carbonyl (C=O) groups is 3. The van der Waals surface area contributed by atoms with Crippen molar-refractivity contribution in [2.45, 2.75) is 131 Å². The third kappa shape index (κ3) is 10.3. The summed E-state index contributed by atoms with van der Waals surface area (Å²) in [6.45, 7) is 22.0. The lowest BCUT2D eigenvalue weighted by Gasteiger charge is -2.45. The summed E-state index contributed by atoms with van der Waals surface area (Å²) in [5, 5.41) is 5.92. The van der Waals surface area contributed by atoms with Gasteiger partial charge in [-0.2, -0.15) is 0 Å². The van der Waals surface area contributed by atoms with Gasteiger partial charge in [-0.1, -0.05) is 64.3 Å². The molecule has 1 aromatic carbocycles. The molecular weight excluding hydrogens is 478 g/mol. The average molecular weight is 532 g/mol. The maximum atomic E-state index is 14.4. The number of benzene rings is 1. The van der Waals surface area contributed by atoms with E-state index in [1.54, 1.807) is 25.7 Å². The second-order valence-corrected chi connectivity index (χ2v) is 12.5. The van der Waals surface area contributed by atoms with Crippen LogP contribution in [0.4, 0.5) is 4.79 Å². The van der Waals surface area contributed by atoms with Crippen LogP contribution < -0.4 is 10.6 Å². The fourth-order valence-electron chi connectivity index (χ4n) is 4.47. The Labute approximate surface area is 231 Å². The van der Waals surface area contributed by atoms with E-state index in [4.69, 9.17) is 4.74 Å². The van der Waals surface area contributed by atoms with Crippen LogP contribution in [0.15, 0.2) is 18.2 Å². The predicted octanol–water partition coefficient (Wildman–Crippen LogP) is 6.61. The molecule has 2 atom stereocenters. The molecule has 0 fully saturated rings. The smallest absolute Gasteiger partial charge is 0.408 e. The molecule has 216 valence electrons. The van der Waals surface area contributed by atoms with Crippen LogP contribution in [0.5, 0.6) is 0 Å². The second-order valence-electron chi connectivity index (χ2n) is 12.5. The Morgan fingerprint density at radius 1 is 1.00 bits per heavy atom. The molecule has 0 saturated heterocycles. The highest BCUT2D eigenvalue weighted by molar-refractivity contribution is 5.93. The zero-order valence-corrected chi connectivity index (χ0v) is 25.8. The van der Waals surface area contributed by atoms with E-state index in [9.17, 15) is 14.4 Å². The number of ether oxygens (including phenoxy) is 1. The number of rotatable bonds is 13. The molecule has 0 spiro atoms. The Bertz CT molecular complexity index is 934. The van der Waals surface area contributed by atoms with Gasteiger partial charge >= 0.3 is 6.09 Å². The molecule has 0 saturated carbocycles. The minimum absolute atomic E-state index is 0.132. The lowest BCUT2D eigenvalue weighted by molar-refractivity contribution is -0.149. The van der Waals surface area contributed by atoms with Gasteiger partial charge in [0, 0.05) is 12.1 Å². The van der Waals surface area contributed by atoms with Crippen molar-refractivity contribution in [1.82, 2.24) is 15.5 Å². The summed E-state index contributed by atoms with van der Waals surface area (Å²) in [6, 6.07) is 4.29. The van der Waals surface area contributed by atoms with E-state index in [0.29, 0.717) is 19.4 Å². The average Bonchev–Trinajstić information content (AvgIpc) is 2.78. The lowest BCUT2D eigenvalue weighted by atomic mass is 9.89. The summed E-state index contributed by atoms with van der Waals surface area (Å²) < 4.78 is 5.49. The Kier molecular flexibility index (Phi) is 12.8. The first-order valence-corrected chi connectivity index (χ1v) is 14.2. The van der Waals surface area contributed by atoms with E-state index in [1.807, 2.05) is 66.7 Å². The number of carbonyl (C=O) groups excluding carboxylic acids is 3. The van der Waals surface area contributed by atoms with Gasteiger partial charge in [0.1, 0.15) is 17.7 Å². The Morgan fingerprint density at radius 2 is 1.63 bits per heavy atom. The largest absolute Gasteiger partial charge is 0.444 e. The molecule has 2 unspecified atom stereocenters. The van der Waals surface area contributed by atoms with Gasteiger partial charge in [0.05, 0.1) is 0 Å². The van der Waals surface area contributed by atoms with Crippen molar-refractivity contribution in [2.75, 3.05) is 6.54 Å². The predicted molar refractivity (Wildman–Crippen MR) is 155 cm³/mol. The highest BCUT2D eigenvalue weighted by Crippen LogP contribution is 2.34. The Morgan fingerprint density at radius 3 is 2.13 bits per heavy atom. The molecule has 2 N–H and O–H groups in total. The van der Waals surface area contributed by atoms with Gasteiger partial charge in [-0.25, -0.2) is 4.79 Å². The van der Waals surface area contributed by atoms with Crippen molar-refractivity contribution in [3.8, 4) is 0 Å². The molecule has 0 aliphatic heterocycles. The van der Waals surface area contributed by atoms with Crippen molar-refractivity contribution >= 4 is 17.9 Å². The Hall–Kier alpha value is -2.57. The summed E-state index contributed by atoms with van der Waals surface area (Å²) in [7, 11) is 0. The van der Waals surface area contributed by atoms with Crippen LogP contribution in [0.3, 0.4) is 0 Å². The highest BCUT2D eigenvalue weighted by Gasteiger charge is 2.43. The standard InChI is InChI=1S/C31H53N3O4/c1-12-14-15-18-32-27(35)26(24-17-16-22(5)20-23(24)6)34(31(10,11)13-2)28(36)25(19-21(3)4)33-29(37)38-30(7,8)9/h16-17,20-21,25-26H,12-15,18-19H2,1-11H3,(H,32,35)(H,33,37). The molecule has 7 nitrogen and oxygen atoms in total. The molecular formula is C31H53N3O4. The monoisotopic (exact) mass is 531 g/mol. The fourth-order valence-corrected chi connectivity index (χ4v) is 4.47. The van der Waals surface area contributed by atoms with Gasteiger partial charge < -0.3 is 20.3 Å². The van der Waals surface area contributed by atoms with Crippen molar-refractivity contribution in [1.29, 1.82) is 0 Å². The number of nitrogens with zero attached hydrogens (tertiary/aromatic N) is 1. The van der Waals surface area contributed by atoms with Crippen molar-refractivity contribution < 1.29 is 19.1 Å².